The van der Waals surface area contributed by atoms with Crippen molar-refractivity contribution in [1.29, 1.82) is 0 Å². The van der Waals surface area contributed by atoms with E-state index in [2.05, 4.69) is 20.3 Å². The molecule has 0 bridgehead atoms. The van der Waals surface area contributed by atoms with E-state index in [-0.39, 0.29) is 22.2 Å². The summed E-state index contributed by atoms with van der Waals surface area (Å²) >= 11 is 0. The first kappa shape index (κ1) is 12.7. The highest BCUT2D eigenvalue weighted by Gasteiger charge is 2.27. The number of aliphatic hydroxyl groups is 3. The molecule has 0 saturated heterocycles. The first-order valence-corrected chi connectivity index (χ1v) is 5.32. The fourth-order valence-corrected chi connectivity index (χ4v) is 1.72. The Kier molecular flexibility index (Phi) is 3.43. The molecule has 0 aliphatic rings. The molecule has 2 aromatic rings. The normalized spacial score (nSPS) is 16.7. The van der Waals surface area contributed by atoms with E-state index in [1.807, 2.05) is 0 Å². The van der Waals surface area contributed by atoms with Gasteiger partial charge in [0.2, 0.25) is 0 Å². The van der Waals surface area contributed by atoms with Crippen LogP contribution in [0.3, 0.4) is 0 Å². The number of rotatable bonds is 4. The fraction of sp³-hybridized carbons (Fsp3) is 0.400. The lowest BCUT2D eigenvalue weighted by Crippen LogP contribution is -2.41. The molecule has 0 aliphatic carbocycles. The van der Waals surface area contributed by atoms with Crippen LogP contribution in [0, 0.1) is 0 Å². The monoisotopic (exact) mass is 254 g/mol. The molecule has 0 aromatic carbocycles. The van der Waals surface area contributed by atoms with Gasteiger partial charge in [0.25, 0.3) is 5.56 Å². The number of aliphatic hydroxyl groups excluding tert-OH is 3. The number of nitrogens with one attached hydrogen (secondary N) is 3. The molecule has 0 fully saturated rings. The van der Waals surface area contributed by atoms with Crippen LogP contribution in [0.25, 0.3) is 11.0 Å². The summed E-state index contributed by atoms with van der Waals surface area (Å²) in [6.07, 6.45) is -1.50. The topological polar surface area (TPSA) is 134 Å². The van der Waals surface area contributed by atoms with E-state index in [9.17, 15) is 20.1 Å². The van der Waals surface area contributed by atoms with Crippen molar-refractivity contribution < 1.29 is 15.3 Å². The molecule has 0 saturated carbocycles. The van der Waals surface area contributed by atoms with Crippen molar-refractivity contribution in [2.75, 3.05) is 7.05 Å². The highest BCUT2D eigenvalue weighted by Crippen LogP contribution is 2.23. The molecule has 18 heavy (non-hydrogen) atoms. The van der Waals surface area contributed by atoms with Crippen LogP contribution < -0.4 is 10.9 Å². The molecule has 3 unspecified atom stereocenters. The number of hydrogen-bond acceptors (Lipinski definition) is 6. The van der Waals surface area contributed by atoms with Crippen LogP contribution in [0.15, 0.2) is 17.3 Å². The molecule has 8 nitrogen and oxygen atoms in total. The van der Waals surface area contributed by atoms with Gasteiger partial charge in [-0.05, 0) is 7.05 Å². The summed E-state index contributed by atoms with van der Waals surface area (Å²) in [4.78, 5) is 20.4. The number of H-pyrrole nitrogens is 2. The first-order chi connectivity index (χ1) is 8.56. The average molecular weight is 254 g/mol. The lowest BCUT2D eigenvalue weighted by Gasteiger charge is -2.21. The number of aromatic amines is 2. The summed E-state index contributed by atoms with van der Waals surface area (Å²) in [5.41, 5.74) is 0.339. The summed E-state index contributed by atoms with van der Waals surface area (Å²) in [6.45, 7) is 0. The minimum Gasteiger partial charge on any atom is -0.386 e. The fourth-order valence-electron chi connectivity index (χ4n) is 1.72. The third-order valence-electron chi connectivity index (χ3n) is 2.76. The Morgan fingerprint density at radius 3 is 2.72 bits per heavy atom. The smallest absolute Gasteiger partial charge is 0.275 e. The predicted octanol–water partition coefficient (Wildman–Crippen LogP) is -1.82. The summed E-state index contributed by atoms with van der Waals surface area (Å²) in [6, 6.07) is 0. The molecule has 2 heterocycles. The third-order valence-corrected chi connectivity index (χ3v) is 2.76. The van der Waals surface area contributed by atoms with Crippen LogP contribution in [0.5, 0.6) is 0 Å². The largest absolute Gasteiger partial charge is 0.386 e. The van der Waals surface area contributed by atoms with Gasteiger partial charge in [-0.25, -0.2) is 4.98 Å². The SMILES string of the molecule is CNC(O)C(O)C(O)c1c[nH]c2c(=O)[nH]cnc12. The highest BCUT2D eigenvalue weighted by molar-refractivity contribution is 5.78. The van der Waals surface area contributed by atoms with Crippen LogP contribution in [0.2, 0.25) is 0 Å². The van der Waals surface area contributed by atoms with Gasteiger partial charge < -0.3 is 25.3 Å². The van der Waals surface area contributed by atoms with E-state index in [1.54, 1.807) is 0 Å². The Balaban J connectivity index is 2.43. The molecule has 2 aromatic heterocycles. The van der Waals surface area contributed by atoms with Crippen molar-refractivity contribution in [3.63, 3.8) is 0 Å². The van der Waals surface area contributed by atoms with Crippen LogP contribution in [-0.4, -0.2) is 49.7 Å². The summed E-state index contributed by atoms with van der Waals surface area (Å²) in [5, 5.41) is 31.5. The Labute approximate surface area is 101 Å². The second kappa shape index (κ2) is 4.86. The van der Waals surface area contributed by atoms with Crippen LogP contribution in [-0.2, 0) is 0 Å². The van der Waals surface area contributed by atoms with Crippen LogP contribution >= 0.6 is 0 Å². The molecule has 2 rings (SSSR count). The highest BCUT2D eigenvalue weighted by atomic mass is 16.4. The minimum absolute atomic E-state index is 0.206. The van der Waals surface area contributed by atoms with E-state index >= 15 is 0 Å². The van der Waals surface area contributed by atoms with E-state index < -0.39 is 18.4 Å². The van der Waals surface area contributed by atoms with Gasteiger partial charge in [-0.1, -0.05) is 0 Å². The maximum atomic E-state index is 11.4. The number of hydrogen-bond donors (Lipinski definition) is 6. The molecule has 0 spiro atoms. The Morgan fingerprint density at radius 1 is 1.33 bits per heavy atom. The Bertz CT molecular complexity index is 593. The number of likely N-dealkylation sites (N-methyl/N-ethyl adjacent to an activating group) is 1. The van der Waals surface area contributed by atoms with Crippen molar-refractivity contribution in [1.82, 2.24) is 20.3 Å². The molecule has 8 heteroatoms. The van der Waals surface area contributed by atoms with Crippen molar-refractivity contribution in [3.05, 3.63) is 28.4 Å². The zero-order valence-corrected chi connectivity index (χ0v) is 9.58. The van der Waals surface area contributed by atoms with Gasteiger partial charge in [-0.3, -0.25) is 10.1 Å². The second-order valence-electron chi connectivity index (χ2n) is 3.87. The molecule has 6 N–H and O–H groups in total. The maximum absolute atomic E-state index is 11.4. The number of aromatic nitrogens is 3. The Morgan fingerprint density at radius 2 is 2.06 bits per heavy atom. The average Bonchev–Trinajstić information content (AvgIpc) is 2.81. The lowest BCUT2D eigenvalue weighted by atomic mass is 10.1. The summed E-state index contributed by atoms with van der Waals surface area (Å²) < 4.78 is 0. The molecule has 0 radical (unpaired) electrons. The van der Waals surface area contributed by atoms with E-state index in [1.165, 1.54) is 19.6 Å². The zero-order valence-electron chi connectivity index (χ0n) is 9.58. The van der Waals surface area contributed by atoms with Crippen molar-refractivity contribution >= 4 is 11.0 Å². The standard InChI is InChI=1S/C10H14N4O4/c1-11-10(18)8(16)7(15)4-2-12-6-5(4)13-3-14-9(6)17/h2-3,7-8,10-12,15-16,18H,1H3,(H,13,14,17). The van der Waals surface area contributed by atoms with E-state index in [0.717, 1.165) is 0 Å². The molecular weight excluding hydrogens is 240 g/mol. The molecular formula is C10H14N4O4. The number of nitrogens with zero attached hydrogens (tertiary/aromatic N) is 1. The first-order valence-electron chi connectivity index (χ1n) is 5.32. The maximum Gasteiger partial charge on any atom is 0.275 e. The Hall–Kier alpha value is -1.74. The number of fused-ring (bicyclic) bond motifs is 1. The van der Waals surface area contributed by atoms with Gasteiger partial charge in [-0.15, -0.1) is 0 Å². The lowest BCUT2D eigenvalue weighted by molar-refractivity contribution is -0.0700. The van der Waals surface area contributed by atoms with Crippen LogP contribution in [0.4, 0.5) is 0 Å². The zero-order chi connectivity index (χ0) is 13.3. The van der Waals surface area contributed by atoms with E-state index in [0.29, 0.717) is 0 Å². The van der Waals surface area contributed by atoms with Gasteiger partial charge in [0.15, 0.2) is 0 Å². The molecule has 3 atom stereocenters. The molecule has 0 amide bonds. The molecule has 0 aliphatic heterocycles. The second-order valence-corrected chi connectivity index (χ2v) is 3.87. The van der Waals surface area contributed by atoms with Crippen molar-refractivity contribution in [3.8, 4) is 0 Å². The van der Waals surface area contributed by atoms with E-state index in [4.69, 9.17) is 0 Å². The van der Waals surface area contributed by atoms with Gasteiger partial charge in [0, 0.05) is 11.8 Å². The predicted molar refractivity (Wildman–Crippen MR) is 62.7 cm³/mol. The summed E-state index contributed by atoms with van der Waals surface area (Å²) in [7, 11) is 1.44. The van der Waals surface area contributed by atoms with Gasteiger partial charge in [0.1, 0.15) is 29.5 Å². The van der Waals surface area contributed by atoms with Crippen molar-refractivity contribution in [2.24, 2.45) is 0 Å². The van der Waals surface area contributed by atoms with Gasteiger partial charge in [-0.2, -0.15) is 0 Å². The quantitative estimate of drug-likeness (QED) is 0.356. The van der Waals surface area contributed by atoms with Crippen LogP contribution in [0.1, 0.15) is 11.7 Å². The molecule has 98 valence electrons. The van der Waals surface area contributed by atoms with Crippen molar-refractivity contribution in [2.45, 2.75) is 18.4 Å². The van der Waals surface area contributed by atoms with Gasteiger partial charge >= 0.3 is 0 Å². The minimum atomic E-state index is -1.44. The third kappa shape index (κ3) is 2.02. The summed E-state index contributed by atoms with van der Waals surface area (Å²) in [5.74, 6) is 0. The van der Waals surface area contributed by atoms with Gasteiger partial charge in [0.05, 0.1) is 6.33 Å².